The standard InChI is InChI=1S/C16H33N3/c1-14(2,3)11-16(7,8)19-13-12(15(4,5)6)17-9-10-18-13/h12,17H,9-11H2,1-8H3,(H,18,19). The van der Waals surface area contributed by atoms with E-state index in [2.05, 4.69) is 66.0 Å². The van der Waals surface area contributed by atoms with Gasteiger partial charge in [-0.15, -0.1) is 0 Å². The molecule has 0 bridgehead atoms. The van der Waals surface area contributed by atoms with E-state index in [9.17, 15) is 0 Å². The number of nitrogens with zero attached hydrogens (tertiary/aromatic N) is 1. The van der Waals surface area contributed by atoms with Gasteiger partial charge in [0.05, 0.1) is 12.6 Å². The molecule has 1 aliphatic rings. The van der Waals surface area contributed by atoms with Crippen LogP contribution in [0.15, 0.2) is 4.99 Å². The molecule has 0 fully saturated rings. The Balaban J connectivity index is 2.81. The molecule has 1 heterocycles. The largest absolute Gasteiger partial charge is 0.368 e. The smallest absolute Gasteiger partial charge is 0.115 e. The van der Waals surface area contributed by atoms with E-state index in [0.29, 0.717) is 11.5 Å². The summed E-state index contributed by atoms with van der Waals surface area (Å²) in [5.41, 5.74) is 0.569. The quantitative estimate of drug-likeness (QED) is 0.806. The average molecular weight is 267 g/mol. The van der Waals surface area contributed by atoms with Crippen molar-refractivity contribution in [2.45, 2.75) is 73.4 Å². The molecule has 3 nitrogen and oxygen atoms in total. The van der Waals surface area contributed by atoms with Gasteiger partial charge in [0.25, 0.3) is 0 Å². The van der Waals surface area contributed by atoms with Crippen LogP contribution < -0.4 is 10.6 Å². The molecule has 0 saturated carbocycles. The molecule has 19 heavy (non-hydrogen) atoms. The fourth-order valence-electron chi connectivity index (χ4n) is 3.12. The zero-order valence-corrected chi connectivity index (χ0v) is 14.1. The Kier molecular flexibility index (Phi) is 4.71. The van der Waals surface area contributed by atoms with Gasteiger partial charge in [-0.25, -0.2) is 0 Å². The maximum Gasteiger partial charge on any atom is 0.115 e. The number of aliphatic imine (C=N–C) groups is 1. The summed E-state index contributed by atoms with van der Waals surface area (Å²) >= 11 is 0. The Labute approximate surface area is 119 Å². The van der Waals surface area contributed by atoms with Crippen LogP contribution in [0.3, 0.4) is 0 Å². The molecule has 0 spiro atoms. The van der Waals surface area contributed by atoms with E-state index in [0.717, 1.165) is 25.3 Å². The molecule has 0 aromatic heterocycles. The van der Waals surface area contributed by atoms with Gasteiger partial charge in [0, 0.05) is 12.1 Å². The van der Waals surface area contributed by atoms with Crippen molar-refractivity contribution in [3.05, 3.63) is 0 Å². The Hall–Kier alpha value is -0.570. The molecule has 1 unspecified atom stereocenters. The van der Waals surface area contributed by atoms with E-state index in [1.807, 2.05) is 0 Å². The first-order valence-electron chi connectivity index (χ1n) is 7.47. The zero-order chi connectivity index (χ0) is 14.9. The van der Waals surface area contributed by atoms with E-state index in [-0.39, 0.29) is 11.0 Å². The summed E-state index contributed by atoms with van der Waals surface area (Å²) in [6, 6.07) is 0.320. The lowest BCUT2D eigenvalue weighted by atomic mass is 9.80. The molecule has 1 atom stereocenters. The summed E-state index contributed by atoms with van der Waals surface area (Å²) in [7, 11) is 0. The third-order valence-electron chi connectivity index (χ3n) is 3.32. The van der Waals surface area contributed by atoms with Gasteiger partial charge in [-0.05, 0) is 31.1 Å². The minimum Gasteiger partial charge on any atom is -0.368 e. The second-order valence-corrected chi connectivity index (χ2v) is 8.77. The van der Waals surface area contributed by atoms with Crippen LogP contribution in [0.5, 0.6) is 0 Å². The summed E-state index contributed by atoms with van der Waals surface area (Å²) in [6.07, 6.45) is 1.12. The zero-order valence-electron chi connectivity index (χ0n) is 14.1. The SMILES string of the molecule is CC(C)(C)CC(C)(C)NC1=NCCNC1C(C)(C)C. The highest BCUT2D eigenvalue weighted by molar-refractivity contribution is 5.89. The number of hydrogen-bond donors (Lipinski definition) is 2. The third kappa shape index (κ3) is 5.52. The average Bonchev–Trinajstić information content (AvgIpc) is 2.11. The van der Waals surface area contributed by atoms with Crippen LogP contribution in [-0.4, -0.2) is 30.5 Å². The summed E-state index contributed by atoms with van der Waals surface area (Å²) in [4.78, 5) is 4.74. The van der Waals surface area contributed by atoms with Crippen LogP contribution in [-0.2, 0) is 0 Å². The molecule has 112 valence electrons. The summed E-state index contributed by atoms with van der Waals surface area (Å²) in [5.74, 6) is 1.13. The number of nitrogens with one attached hydrogen (secondary N) is 2. The van der Waals surface area contributed by atoms with Crippen molar-refractivity contribution in [3.8, 4) is 0 Å². The molecular formula is C16H33N3. The first-order chi connectivity index (χ1) is 8.41. The van der Waals surface area contributed by atoms with Crippen molar-refractivity contribution >= 4 is 5.84 Å². The predicted octanol–water partition coefficient (Wildman–Crippen LogP) is 3.21. The van der Waals surface area contributed by atoms with Gasteiger partial charge in [-0.3, -0.25) is 4.99 Å². The minimum absolute atomic E-state index is 0.0691. The highest BCUT2D eigenvalue weighted by Crippen LogP contribution is 2.28. The molecule has 0 amide bonds. The monoisotopic (exact) mass is 267 g/mol. The van der Waals surface area contributed by atoms with E-state index < -0.39 is 0 Å². The van der Waals surface area contributed by atoms with Crippen LogP contribution in [0.1, 0.15) is 61.8 Å². The topological polar surface area (TPSA) is 36.4 Å². The molecule has 0 aliphatic carbocycles. The van der Waals surface area contributed by atoms with Gasteiger partial charge in [0.15, 0.2) is 0 Å². The molecular weight excluding hydrogens is 234 g/mol. The van der Waals surface area contributed by atoms with E-state index in [1.54, 1.807) is 0 Å². The summed E-state index contributed by atoms with van der Waals surface area (Å²) in [5, 5.41) is 7.30. The summed E-state index contributed by atoms with van der Waals surface area (Å²) < 4.78 is 0. The first kappa shape index (κ1) is 16.5. The summed E-state index contributed by atoms with van der Waals surface area (Å²) in [6.45, 7) is 20.1. The highest BCUT2D eigenvalue weighted by atomic mass is 15.1. The first-order valence-corrected chi connectivity index (χ1v) is 7.47. The van der Waals surface area contributed by atoms with Crippen LogP contribution in [0.4, 0.5) is 0 Å². The molecule has 0 radical (unpaired) electrons. The number of rotatable bonds is 2. The molecule has 3 heteroatoms. The fraction of sp³-hybridized carbons (Fsp3) is 0.938. The maximum absolute atomic E-state index is 4.74. The van der Waals surface area contributed by atoms with E-state index in [4.69, 9.17) is 4.99 Å². The van der Waals surface area contributed by atoms with Crippen LogP contribution >= 0.6 is 0 Å². The molecule has 0 saturated heterocycles. The number of amidine groups is 1. The highest BCUT2D eigenvalue weighted by Gasteiger charge is 2.34. The van der Waals surface area contributed by atoms with Gasteiger partial charge in [0.1, 0.15) is 5.84 Å². The molecule has 1 rings (SSSR count). The Bertz CT molecular complexity index is 329. The van der Waals surface area contributed by atoms with Crippen LogP contribution in [0.25, 0.3) is 0 Å². The van der Waals surface area contributed by atoms with Crippen molar-refractivity contribution in [2.75, 3.05) is 13.1 Å². The van der Waals surface area contributed by atoms with Crippen LogP contribution in [0.2, 0.25) is 0 Å². The lowest BCUT2D eigenvalue weighted by Crippen LogP contribution is -2.59. The van der Waals surface area contributed by atoms with Gasteiger partial charge in [-0.2, -0.15) is 0 Å². The maximum atomic E-state index is 4.74. The Morgan fingerprint density at radius 2 is 1.68 bits per heavy atom. The van der Waals surface area contributed by atoms with Crippen molar-refractivity contribution in [1.82, 2.24) is 10.6 Å². The van der Waals surface area contributed by atoms with Crippen molar-refractivity contribution in [3.63, 3.8) is 0 Å². The van der Waals surface area contributed by atoms with E-state index >= 15 is 0 Å². The number of hydrogen-bond acceptors (Lipinski definition) is 3. The predicted molar refractivity (Wildman–Crippen MR) is 84.8 cm³/mol. The lowest BCUT2D eigenvalue weighted by Gasteiger charge is -2.41. The second-order valence-electron chi connectivity index (χ2n) is 8.77. The van der Waals surface area contributed by atoms with Crippen molar-refractivity contribution < 1.29 is 0 Å². The molecule has 0 aromatic carbocycles. The van der Waals surface area contributed by atoms with Gasteiger partial charge >= 0.3 is 0 Å². The molecule has 1 aliphatic heterocycles. The minimum atomic E-state index is 0.0691. The Morgan fingerprint density at radius 1 is 1.11 bits per heavy atom. The third-order valence-corrected chi connectivity index (χ3v) is 3.32. The van der Waals surface area contributed by atoms with Crippen LogP contribution in [0, 0.1) is 10.8 Å². The van der Waals surface area contributed by atoms with Gasteiger partial charge < -0.3 is 10.6 Å². The lowest BCUT2D eigenvalue weighted by molar-refractivity contribution is 0.255. The fourth-order valence-corrected chi connectivity index (χ4v) is 3.12. The van der Waals surface area contributed by atoms with Gasteiger partial charge in [-0.1, -0.05) is 41.5 Å². The van der Waals surface area contributed by atoms with Gasteiger partial charge in [0.2, 0.25) is 0 Å². The second kappa shape index (κ2) is 5.43. The molecule has 2 N–H and O–H groups in total. The normalized spacial score (nSPS) is 22.1. The van der Waals surface area contributed by atoms with E-state index in [1.165, 1.54) is 0 Å². The van der Waals surface area contributed by atoms with Crippen molar-refractivity contribution in [2.24, 2.45) is 15.8 Å². The Morgan fingerprint density at radius 3 is 2.16 bits per heavy atom. The molecule has 0 aromatic rings. The van der Waals surface area contributed by atoms with Crippen molar-refractivity contribution in [1.29, 1.82) is 0 Å².